The van der Waals surface area contributed by atoms with Crippen LogP contribution in [0.4, 0.5) is 0 Å². The van der Waals surface area contributed by atoms with Crippen LogP contribution < -0.4 is 4.74 Å². The van der Waals surface area contributed by atoms with Gasteiger partial charge in [-0.05, 0) is 18.6 Å². The Morgan fingerprint density at radius 2 is 2.21 bits per heavy atom. The summed E-state index contributed by atoms with van der Waals surface area (Å²) in [6, 6.07) is 7.80. The van der Waals surface area contributed by atoms with Crippen LogP contribution in [0.25, 0.3) is 0 Å². The highest BCUT2D eigenvalue weighted by atomic mass is 16.5. The Morgan fingerprint density at radius 3 is 2.93 bits per heavy atom. The highest BCUT2D eigenvalue weighted by Gasteiger charge is 2.01. The van der Waals surface area contributed by atoms with Crippen molar-refractivity contribution in [1.29, 1.82) is 0 Å². The summed E-state index contributed by atoms with van der Waals surface area (Å²) in [5.41, 5.74) is 1.09. The second kappa shape index (κ2) is 3.87. The van der Waals surface area contributed by atoms with Crippen molar-refractivity contribution in [3.05, 3.63) is 35.7 Å². The Morgan fingerprint density at radius 1 is 1.36 bits per heavy atom. The van der Waals surface area contributed by atoms with Gasteiger partial charge in [-0.3, -0.25) is 0 Å². The molecule has 0 unspecified atom stereocenters. The number of benzene rings is 1. The zero-order valence-corrected chi connectivity index (χ0v) is 7.77. The summed E-state index contributed by atoms with van der Waals surface area (Å²) in [5, 5.41) is 13.4. The number of para-hydroxylation sites is 1. The van der Waals surface area contributed by atoms with Crippen LogP contribution in [0.5, 0.6) is 5.75 Å². The van der Waals surface area contributed by atoms with E-state index in [0.29, 0.717) is 12.4 Å². The van der Waals surface area contributed by atoms with Crippen LogP contribution in [0.3, 0.4) is 0 Å². The number of ether oxygens (including phenoxy) is 1. The van der Waals surface area contributed by atoms with Gasteiger partial charge in [-0.1, -0.05) is 23.4 Å². The summed E-state index contributed by atoms with van der Waals surface area (Å²) in [6.45, 7) is 2.33. The molecule has 0 amide bonds. The van der Waals surface area contributed by atoms with Crippen molar-refractivity contribution in [2.45, 2.75) is 13.5 Å². The van der Waals surface area contributed by atoms with Crippen LogP contribution in [-0.4, -0.2) is 20.6 Å². The zero-order chi connectivity index (χ0) is 9.80. The number of aromatic nitrogens is 4. The van der Waals surface area contributed by atoms with E-state index in [4.69, 9.17) is 4.74 Å². The molecule has 14 heavy (non-hydrogen) atoms. The summed E-state index contributed by atoms with van der Waals surface area (Å²) >= 11 is 0. The maximum absolute atomic E-state index is 5.50. The minimum absolute atomic E-state index is 0.335. The van der Waals surface area contributed by atoms with Crippen LogP contribution in [0.2, 0.25) is 0 Å². The molecule has 1 N–H and O–H groups in total. The fourth-order valence-electron chi connectivity index (χ4n) is 1.10. The van der Waals surface area contributed by atoms with Gasteiger partial charge >= 0.3 is 0 Å². The first-order valence-electron chi connectivity index (χ1n) is 4.27. The highest BCUT2D eigenvalue weighted by Crippen LogP contribution is 2.16. The van der Waals surface area contributed by atoms with E-state index in [1.165, 1.54) is 0 Å². The van der Waals surface area contributed by atoms with Crippen LogP contribution in [0, 0.1) is 6.92 Å². The molecule has 5 nitrogen and oxygen atoms in total. The normalized spacial score (nSPS) is 10.1. The third-order valence-electron chi connectivity index (χ3n) is 1.84. The lowest BCUT2D eigenvalue weighted by molar-refractivity contribution is 0.294. The quantitative estimate of drug-likeness (QED) is 0.786. The van der Waals surface area contributed by atoms with Crippen molar-refractivity contribution < 1.29 is 4.74 Å². The third kappa shape index (κ3) is 1.87. The first-order valence-corrected chi connectivity index (χ1v) is 4.27. The molecule has 0 saturated carbocycles. The van der Waals surface area contributed by atoms with Gasteiger partial charge in [0.25, 0.3) is 0 Å². The molecule has 0 aliphatic rings. The first kappa shape index (κ1) is 8.68. The molecular formula is C9H10N4O. The second-order valence-electron chi connectivity index (χ2n) is 2.88. The topological polar surface area (TPSA) is 63.7 Å². The largest absolute Gasteiger partial charge is 0.485 e. The van der Waals surface area contributed by atoms with Gasteiger partial charge in [0.15, 0.2) is 6.61 Å². The lowest BCUT2D eigenvalue weighted by atomic mass is 10.2. The summed E-state index contributed by atoms with van der Waals surface area (Å²) < 4.78 is 5.50. The minimum Gasteiger partial charge on any atom is -0.485 e. The van der Waals surface area contributed by atoms with Crippen molar-refractivity contribution in [3.8, 4) is 5.75 Å². The molecule has 2 rings (SSSR count). The van der Waals surface area contributed by atoms with E-state index in [1.54, 1.807) is 0 Å². The predicted molar refractivity (Wildman–Crippen MR) is 49.7 cm³/mol. The van der Waals surface area contributed by atoms with Gasteiger partial charge in [-0.15, -0.1) is 10.2 Å². The standard InChI is InChI=1S/C9H10N4O/c1-7-4-2-3-5-8(7)14-6-9-10-12-13-11-9/h2-5H,6H2,1H3,(H,10,11,12,13). The van der Waals surface area contributed by atoms with Crippen molar-refractivity contribution in [2.24, 2.45) is 0 Å². The molecule has 0 aliphatic heterocycles. The number of nitrogens with zero attached hydrogens (tertiary/aromatic N) is 3. The SMILES string of the molecule is Cc1ccccc1OCc1nn[nH]n1. The maximum atomic E-state index is 5.50. The maximum Gasteiger partial charge on any atom is 0.211 e. The van der Waals surface area contributed by atoms with Gasteiger partial charge in [-0.2, -0.15) is 5.21 Å². The van der Waals surface area contributed by atoms with E-state index in [2.05, 4.69) is 20.6 Å². The molecule has 1 aromatic heterocycles. The summed E-state index contributed by atoms with van der Waals surface area (Å²) in [7, 11) is 0. The molecule has 0 bridgehead atoms. The smallest absolute Gasteiger partial charge is 0.211 e. The van der Waals surface area contributed by atoms with E-state index in [-0.39, 0.29) is 0 Å². The monoisotopic (exact) mass is 190 g/mol. The van der Waals surface area contributed by atoms with Crippen LogP contribution in [-0.2, 0) is 6.61 Å². The molecule has 0 atom stereocenters. The summed E-state index contributed by atoms with van der Waals surface area (Å²) in [4.78, 5) is 0. The van der Waals surface area contributed by atoms with Gasteiger partial charge in [0.1, 0.15) is 5.75 Å². The Hall–Kier alpha value is -1.91. The van der Waals surface area contributed by atoms with Gasteiger partial charge in [0.05, 0.1) is 0 Å². The number of nitrogens with one attached hydrogen (secondary N) is 1. The van der Waals surface area contributed by atoms with Crippen molar-refractivity contribution in [1.82, 2.24) is 20.6 Å². The second-order valence-corrected chi connectivity index (χ2v) is 2.88. The molecule has 0 spiro atoms. The van der Waals surface area contributed by atoms with E-state index in [0.717, 1.165) is 11.3 Å². The molecule has 5 heteroatoms. The van der Waals surface area contributed by atoms with Gasteiger partial charge in [-0.25, -0.2) is 0 Å². The number of rotatable bonds is 3. The van der Waals surface area contributed by atoms with E-state index in [1.807, 2.05) is 31.2 Å². The van der Waals surface area contributed by atoms with Crippen LogP contribution in [0.15, 0.2) is 24.3 Å². The van der Waals surface area contributed by atoms with Crippen molar-refractivity contribution in [2.75, 3.05) is 0 Å². The molecule has 1 aromatic carbocycles. The number of aromatic amines is 1. The Bertz CT molecular complexity index is 399. The van der Waals surface area contributed by atoms with Crippen molar-refractivity contribution >= 4 is 0 Å². The minimum atomic E-state index is 0.335. The zero-order valence-electron chi connectivity index (χ0n) is 7.77. The molecule has 0 radical (unpaired) electrons. The number of hydrogen-bond acceptors (Lipinski definition) is 4. The average Bonchev–Trinajstić information content (AvgIpc) is 2.69. The summed E-state index contributed by atoms with van der Waals surface area (Å²) in [6.07, 6.45) is 0. The van der Waals surface area contributed by atoms with Crippen LogP contribution in [0.1, 0.15) is 11.4 Å². The Kier molecular flexibility index (Phi) is 2.40. The molecule has 72 valence electrons. The molecule has 2 aromatic rings. The number of H-pyrrole nitrogens is 1. The van der Waals surface area contributed by atoms with Gasteiger partial charge < -0.3 is 4.74 Å². The summed E-state index contributed by atoms with van der Waals surface area (Å²) in [5.74, 6) is 1.39. The van der Waals surface area contributed by atoms with E-state index >= 15 is 0 Å². The fourth-order valence-corrected chi connectivity index (χ4v) is 1.10. The number of aryl methyl sites for hydroxylation is 1. The van der Waals surface area contributed by atoms with Gasteiger partial charge in [0.2, 0.25) is 5.82 Å². The fraction of sp³-hybridized carbons (Fsp3) is 0.222. The predicted octanol–water partition coefficient (Wildman–Crippen LogP) is 1.09. The number of hydrogen-bond donors (Lipinski definition) is 1. The first-order chi connectivity index (χ1) is 6.86. The third-order valence-corrected chi connectivity index (χ3v) is 1.84. The molecule has 0 aliphatic carbocycles. The van der Waals surface area contributed by atoms with Crippen LogP contribution >= 0.6 is 0 Å². The Balaban J connectivity index is 2.02. The average molecular weight is 190 g/mol. The van der Waals surface area contributed by atoms with Gasteiger partial charge in [0, 0.05) is 0 Å². The lowest BCUT2D eigenvalue weighted by Crippen LogP contribution is -1.98. The number of tetrazole rings is 1. The van der Waals surface area contributed by atoms with E-state index in [9.17, 15) is 0 Å². The highest BCUT2D eigenvalue weighted by molar-refractivity contribution is 5.31. The molecule has 1 heterocycles. The molecule has 0 fully saturated rings. The van der Waals surface area contributed by atoms with Crippen molar-refractivity contribution in [3.63, 3.8) is 0 Å². The Labute approximate surface area is 81.1 Å². The molecule has 0 saturated heterocycles. The molecular weight excluding hydrogens is 180 g/mol. The lowest BCUT2D eigenvalue weighted by Gasteiger charge is -2.05. The van der Waals surface area contributed by atoms with E-state index < -0.39 is 0 Å².